The van der Waals surface area contributed by atoms with Crippen LogP contribution >= 0.6 is 11.3 Å². The molecule has 0 aliphatic rings. The molecule has 2 aromatic heterocycles. The Morgan fingerprint density at radius 1 is 1.17 bits per heavy atom. The van der Waals surface area contributed by atoms with E-state index in [0.29, 0.717) is 16.9 Å². The van der Waals surface area contributed by atoms with Gasteiger partial charge in [0.15, 0.2) is 5.13 Å². The van der Waals surface area contributed by atoms with Crippen LogP contribution in [0.5, 0.6) is 0 Å². The molecule has 0 spiro atoms. The number of nitrogens with zero attached hydrogens (tertiary/aromatic N) is 3. The Bertz CT molecular complexity index is 797. The summed E-state index contributed by atoms with van der Waals surface area (Å²) < 4.78 is 5.41. The van der Waals surface area contributed by atoms with Crippen molar-refractivity contribution in [3.8, 4) is 11.5 Å². The summed E-state index contributed by atoms with van der Waals surface area (Å²) in [6.07, 6.45) is 1.76. The minimum absolute atomic E-state index is 0.0296. The summed E-state index contributed by atoms with van der Waals surface area (Å²) in [5.41, 5.74) is 0.787. The van der Waals surface area contributed by atoms with E-state index in [1.54, 1.807) is 6.20 Å². The molecular weight excluding hydrogens is 314 g/mol. The van der Waals surface area contributed by atoms with E-state index in [0.717, 1.165) is 10.4 Å². The van der Waals surface area contributed by atoms with Crippen LogP contribution in [0, 0.1) is 0 Å². The number of nitrogens with one attached hydrogen (secondary N) is 2. The number of urea groups is 1. The van der Waals surface area contributed by atoms with Crippen LogP contribution in [0.3, 0.4) is 0 Å². The average molecular weight is 329 g/mol. The molecule has 0 aliphatic heterocycles. The van der Waals surface area contributed by atoms with E-state index >= 15 is 0 Å². The second-order valence-electron chi connectivity index (χ2n) is 5.08. The lowest BCUT2D eigenvalue weighted by atomic mass is 10.2. The molecule has 0 fully saturated rings. The van der Waals surface area contributed by atoms with Gasteiger partial charge in [0.2, 0.25) is 5.89 Å². The van der Waals surface area contributed by atoms with Gasteiger partial charge in [-0.1, -0.05) is 37.1 Å². The normalized spacial score (nSPS) is 10.7. The van der Waals surface area contributed by atoms with E-state index in [-0.39, 0.29) is 6.01 Å². The van der Waals surface area contributed by atoms with Gasteiger partial charge < -0.3 is 4.42 Å². The zero-order chi connectivity index (χ0) is 16.2. The molecule has 0 bridgehead atoms. The van der Waals surface area contributed by atoms with E-state index in [4.69, 9.17) is 4.42 Å². The molecule has 0 radical (unpaired) electrons. The van der Waals surface area contributed by atoms with Crippen LogP contribution < -0.4 is 10.6 Å². The van der Waals surface area contributed by atoms with Gasteiger partial charge in [-0.15, -0.1) is 16.4 Å². The fourth-order valence-electron chi connectivity index (χ4n) is 1.81. The minimum atomic E-state index is -0.474. The molecule has 0 saturated carbocycles. The minimum Gasteiger partial charge on any atom is -0.403 e. The van der Waals surface area contributed by atoms with Gasteiger partial charge in [0, 0.05) is 16.6 Å². The lowest BCUT2D eigenvalue weighted by Crippen LogP contribution is -2.19. The third-order valence-electron chi connectivity index (χ3n) is 2.98. The summed E-state index contributed by atoms with van der Waals surface area (Å²) in [5, 5.41) is 13.4. The van der Waals surface area contributed by atoms with Crippen molar-refractivity contribution in [1.82, 2.24) is 15.2 Å². The topological polar surface area (TPSA) is 92.9 Å². The molecule has 0 unspecified atom stereocenters. The van der Waals surface area contributed by atoms with Gasteiger partial charge in [-0.3, -0.25) is 10.6 Å². The van der Waals surface area contributed by atoms with Gasteiger partial charge in [-0.25, -0.2) is 9.78 Å². The largest absolute Gasteiger partial charge is 0.403 e. The van der Waals surface area contributed by atoms with E-state index < -0.39 is 6.03 Å². The van der Waals surface area contributed by atoms with Gasteiger partial charge in [-0.05, 0) is 18.1 Å². The maximum atomic E-state index is 11.9. The highest BCUT2D eigenvalue weighted by Gasteiger charge is 2.13. The number of rotatable bonds is 4. The van der Waals surface area contributed by atoms with Crippen molar-refractivity contribution in [3.63, 3.8) is 0 Å². The molecule has 2 heterocycles. The molecule has 0 aliphatic carbocycles. The number of thiazole rings is 1. The lowest BCUT2D eigenvalue weighted by molar-refractivity contribution is 0.261. The zero-order valence-electron chi connectivity index (χ0n) is 12.6. The Morgan fingerprint density at radius 3 is 2.65 bits per heavy atom. The Labute approximate surface area is 136 Å². The fourth-order valence-corrected chi connectivity index (χ4v) is 2.62. The fraction of sp³-hybridized carbons (Fsp3) is 0.200. The summed E-state index contributed by atoms with van der Waals surface area (Å²) in [4.78, 5) is 17.2. The number of hydrogen-bond donors (Lipinski definition) is 2. The maximum Gasteiger partial charge on any atom is 0.329 e. The molecule has 7 nitrogen and oxygen atoms in total. The summed E-state index contributed by atoms with van der Waals surface area (Å²) >= 11 is 1.43. The van der Waals surface area contributed by atoms with Crippen LogP contribution in [-0.4, -0.2) is 21.2 Å². The summed E-state index contributed by atoms with van der Waals surface area (Å²) in [6, 6.07) is 8.88. The number of amides is 2. The van der Waals surface area contributed by atoms with Crippen LogP contribution in [0.15, 0.2) is 40.9 Å². The third-order valence-corrected chi connectivity index (χ3v) is 4.19. The standard InChI is InChI=1S/C15H15N5O2S/c1-9(2)11-8-16-15(23-11)18-13(21)17-14-20-19-12(22-14)10-6-4-3-5-7-10/h3-9H,1-2H3,(H2,16,17,18,20,21). The van der Waals surface area contributed by atoms with Crippen LogP contribution in [0.2, 0.25) is 0 Å². The first-order chi connectivity index (χ1) is 11.1. The molecule has 3 rings (SSSR count). The first kappa shape index (κ1) is 15.2. The number of anilines is 2. The zero-order valence-corrected chi connectivity index (χ0v) is 13.4. The predicted molar refractivity (Wildman–Crippen MR) is 88.6 cm³/mol. The van der Waals surface area contributed by atoms with Crippen molar-refractivity contribution in [2.75, 3.05) is 10.6 Å². The SMILES string of the molecule is CC(C)c1cnc(NC(=O)Nc2nnc(-c3ccccc3)o2)s1. The lowest BCUT2D eigenvalue weighted by Gasteiger charge is -2.00. The first-order valence-corrected chi connectivity index (χ1v) is 7.86. The molecule has 118 valence electrons. The van der Waals surface area contributed by atoms with Crippen LogP contribution in [0.1, 0.15) is 24.6 Å². The monoisotopic (exact) mass is 329 g/mol. The smallest absolute Gasteiger partial charge is 0.329 e. The molecule has 0 saturated heterocycles. The van der Waals surface area contributed by atoms with Gasteiger partial charge in [0.1, 0.15) is 0 Å². The van der Waals surface area contributed by atoms with E-state index in [1.807, 2.05) is 30.3 Å². The van der Waals surface area contributed by atoms with Gasteiger partial charge >= 0.3 is 12.0 Å². The van der Waals surface area contributed by atoms with E-state index in [2.05, 4.69) is 39.7 Å². The average Bonchev–Trinajstić information content (AvgIpc) is 3.18. The highest BCUT2D eigenvalue weighted by Crippen LogP contribution is 2.25. The number of hydrogen-bond acceptors (Lipinski definition) is 6. The molecule has 1 aromatic carbocycles. The number of carbonyl (C=O) groups excluding carboxylic acids is 1. The van der Waals surface area contributed by atoms with Crippen molar-refractivity contribution in [2.24, 2.45) is 0 Å². The Morgan fingerprint density at radius 2 is 1.96 bits per heavy atom. The number of carbonyl (C=O) groups is 1. The number of benzene rings is 1. The summed E-state index contributed by atoms with van der Waals surface area (Å²) in [7, 11) is 0. The van der Waals surface area contributed by atoms with Crippen molar-refractivity contribution in [3.05, 3.63) is 41.4 Å². The van der Waals surface area contributed by atoms with Crippen molar-refractivity contribution in [2.45, 2.75) is 19.8 Å². The van der Waals surface area contributed by atoms with E-state index in [9.17, 15) is 4.79 Å². The summed E-state index contributed by atoms with van der Waals surface area (Å²) in [5.74, 6) is 0.715. The highest BCUT2D eigenvalue weighted by molar-refractivity contribution is 7.15. The molecule has 23 heavy (non-hydrogen) atoms. The van der Waals surface area contributed by atoms with Gasteiger partial charge in [0.25, 0.3) is 0 Å². The first-order valence-electron chi connectivity index (χ1n) is 7.04. The quantitative estimate of drug-likeness (QED) is 0.755. The molecule has 0 atom stereocenters. The second kappa shape index (κ2) is 6.57. The Hall–Kier alpha value is -2.74. The van der Waals surface area contributed by atoms with E-state index in [1.165, 1.54) is 11.3 Å². The van der Waals surface area contributed by atoms with Gasteiger partial charge in [0.05, 0.1) is 0 Å². The molecule has 2 N–H and O–H groups in total. The second-order valence-corrected chi connectivity index (χ2v) is 6.14. The maximum absolute atomic E-state index is 11.9. The number of aromatic nitrogens is 3. The van der Waals surface area contributed by atoms with Crippen LogP contribution in [-0.2, 0) is 0 Å². The van der Waals surface area contributed by atoms with Crippen molar-refractivity contribution >= 4 is 28.5 Å². The van der Waals surface area contributed by atoms with Crippen molar-refractivity contribution in [1.29, 1.82) is 0 Å². The third kappa shape index (κ3) is 3.72. The van der Waals surface area contributed by atoms with Crippen LogP contribution in [0.25, 0.3) is 11.5 Å². The van der Waals surface area contributed by atoms with Crippen molar-refractivity contribution < 1.29 is 9.21 Å². The molecule has 2 amide bonds. The molecule has 3 aromatic rings. The van der Waals surface area contributed by atoms with Crippen LogP contribution in [0.4, 0.5) is 15.9 Å². The van der Waals surface area contributed by atoms with Gasteiger partial charge in [-0.2, -0.15) is 0 Å². The highest BCUT2D eigenvalue weighted by atomic mass is 32.1. The predicted octanol–water partition coefficient (Wildman–Crippen LogP) is 3.96. The Balaban J connectivity index is 1.63. The summed E-state index contributed by atoms with van der Waals surface area (Å²) in [6.45, 7) is 4.14. The molecule has 8 heteroatoms. The Kier molecular flexibility index (Phi) is 4.33. The molecular formula is C15H15N5O2S.